The number of halogens is 1. The van der Waals surface area contributed by atoms with E-state index >= 15 is 0 Å². The van der Waals surface area contributed by atoms with Crippen LogP contribution in [0.25, 0.3) is 10.8 Å². The van der Waals surface area contributed by atoms with Crippen molar-refractivity contribution in [1.82, 2.24) is 0 Å². The lowest BCUT2D eigenvalue weighted by molar-refractivity contribution is -0.117. The smallest absolute Gasteiger partial charge is 0.296 e. The molecule has 0 radical (unpaired) electrons. The molecule has 0 fully saturated rings. The van der Waals surface area contributed by atoms with E-state index in [9.17, 15) is 27.1 Å². The lowest BCUT2D eigenvalue weighted by Crippen LogP contribution is -2.19. The SMILES string of the molecule is C.C=C.CN=Nc1c(S(=O)(=O)O)cc2cc(C)cc(NC(=O)COS(=O)CCl)c2c1O. The molecule has 0 saturated carbocycles. The predicted molar refractivity (Wildman–Crippen MR) is 122 cm³/mol. The number of fused-ring (bicyclic) bond motifs is 1. The average Bonchev–Trinajstić information content (AvgIpc) is 2.68. The third-order valence-corrected chi connectivity index (χ3v) is 5.42. The molecule has 0 aliphatic heterocycles. The Morgan fingerprint density at radius 1 is 1.32 bits per heavy atom. The average molecular weight is 494 g/mol. The van der Waals surface area contributed by atoms with Gasteiger partial charge in [-0.05, 0) is 30.0 Å². The minimum atomic E-state index is -4.71. The number of aromatic hydroxyl groups is 1. The van der Waals surface area contributed by atoms with Gasteiger partial charge in [-0.3, -0.25) is 13.5 Å². The number of nitrogens with one attached hydrogen (secondary N) is 1. The fourth-order valence-electron chi connectivity index (χ4n) is 2.47. The number of phenolic OH excluding ortho intramolecular Hbond substituents is 1. The van der Waals surface area contributed by atoms with E-state index in [2.05, 4.69) is 28.7 Å². The first kappa shape index (κ1) is 28.6. The molecule has 2 aromatic carbocycles. The maximum absolute atomic E-state index is 12.1. The molecule has 13 heteroatoms. The van der Waals surface area contributed by atoms with Gasteiger partial charge < -0.3 is 10.4 Å². The zero-order chi connectivity index (χ0) is 23.1. The van der Waals surface area contributed by atoms with Crippen LogP contribution in [0.3, 0.4) is 0 Å². The predicted octanol–water partition coefficient (Wildman–Crippen LogP) is 4.07. The topological polar surface area (TPSA) is 155 Å². The zero-order valence-corrected chi connectivity index (χ0v) is 18.5. The lowest BCUT2D eigenvalue weighted by Gasteiger charge is -2.14. The number of anilines is 1. The summed E-state index contributed by atoms with van der Waals surface area (Å²) in [6.45, 7) is 7.12. The molecule has 1 atom stereocenters. The van der Waals surface area contributed by atoms with Crippen molar-refractivity contribution in [3.63, 3.8) is 0 Å². The Morgan fingerprint density at radius 2 is 1.94 bits per heavy atom. The van der Waals surface area contributed by atoms with Gasteiger partial charge in [0.2, 0.25) is 0 Å². The van der Waals surface area contributed by atoms with Gasteiger partial charge in [0.1, 0.15) is 22.4 Å². The lowest BCUT2D eigenvalue weighted by atomic mass is 10.0. The van der Waals surface area contributed by atoms with Gasteiger partial charge in [0, 0.05) is 12.4 Å². The summed E-state index contributed by atoms with van der Waals surface area (Å²) in [5.74, 6) is -1.28. The highest BCUT2D eigenvalue weighted by atomic mass is 35.5. The molecule has 0 aliphatic rings. The first-order valence-corrected chi connectivity index (χ1v) is 11.3. The Kier molecular flexibility index (Phi) is 11.5. The maximum atomic E-state index is 12.1. The van der Waals surface area contributed by atoms with E-state index in [4.69, 9.17) is 15.8 Å². The molecule has 10 nitrogen and oxygen atoms in total. The van der Waals surface area contributed by atoms with Gasteiger partial charge in [-0.15, -0.1) is 24.8 Å². The molecule has 3 N–H and O–H groups in total. The van der Waals surface area contributed by atoms with E-state index in [0.717, 1.165) is 6.07 Å². The van der Waals surface area contributed by atoms with Gasteiger partial charge >= 0.3 is 0 Å². The van der Waals surface area contributed by atoms with Gasteiger partial charge in [-0.1, -0.05) is 13.5 Å². The number of nitrogens with zero attached hydrogens (tertiary/aromatic N) is 2. The molecule has 2 aromatic rings. The number of azo groups is 1. The van der Waals surface area contributed by atoms with Gasteiger partial charge in [0.25, 0.3) is 16.0 Å². The number of benzene rings is 2. The van der Waals surface area contributed by atoms with Gasteiger partial charge in [-0.2, -0.15) is 18.6 Å². The highest BCUT2D eigenvalue weighted by molar-refractivity contribution is 7.86. The minimum absolute atomic E-state index is 0. The molecule has 172 valence electrons. The monoisotopic (exact) mass is 493 g/mol. The number of rotatable bonds is 7. The standard InChI is InChI=1S/C15H16ClN3O7S2.C2H4.CH4/c1-8-3-9-5-11(28(23,24)25)14(19-17-2)15(21)13(9)10(4-8)18-12(20)6-26-27(22)7-16;1-2;/h3-5,21H,6-7H2,1-2H3,(H,18,20)(H,23,24,25);1-2H2;1H4. The number of carbonyl (C=O) groups excluding carboxylic acids is 1. The number of hydrogen-bond donors (Lipinski definition) is 3. The van der Waals surface area contributed by atoms with E-state index < -0.39 is 50.0 Å². The normalized spacial score (nSPS) is 12.0. The number of amides is 1. The summed E-state index contributed by atoms with van der Waals surface area (Å²) in [6.07, 6.45) is 0. The molecule has 0 spiro atoms. The fraction of sp³-hybridized carbons (Fsp3) is 0.278. The number of carbonyl (C=O) groups is 1. The number of aryl methyl sites for hydroxylation is 1. The van der Waals surface area contributed by atoms with Crippen molar-refractivity contribution in [2.45, 2.75) is 19.2 Å². The molecular weight excluding hydrogens is 470 g/mol. The van der Waals surface area contributed by atoms with Crippen molar-refractivity contribution in [3.8, 4) is 5.75 Å². The van der Waals surface area contributed by atoms with Crippen molar-refractivity contribution in [2.75, 3.05) is 24.2 Å². The molecule has 0 aliphatic carbocycles. The Bertz CT molecular complexity index is 1110. The number of hydrogen-bond acceptors (Lipinski definition) is 8. The van der Waals surface area contributed by atoms with Gasteiger partial charge in [0.15, 0.2) is 16.8 Å². The summed E-state index contributed by atoms with van der Waals surface area (Å²) >= 11 is 3.51. The van der Waals surface area contributed by atoms with E-state index in [1.54, 1.807) is 13.0 Å². The van der Waals surface area contributed by atoms with Gasteiger partial charge in [-0.25, -0.2) is 4.21 Å². The number of alkyl halides is 1. The van der Waals surface area contributed by atoms with E-state index in [1.807, 2.05) is 0 Å². The first-order chi connectivity index (χ1) is 14.1. The van der Waals surface area contributed by atoms with Crippen molar-refractivity contribution < 1.29 is 31.3 Å². The molecule has 2 rings (SSSR count). The van der Waals surface area contributed by atoms with Crippen molar-refractivity contribution >= 4 is 60.9 Å². The van der Waals surface area contributed by atoms with Crippen LogP contribution in [0, 0.1) is 6.92 Å². The van der Waals surface area contributed by atoms with Crippen LogP contribution in [-0.4, -0.2) is 47.1 Å². The molecular formula is C18H24ClN3O7S2. The number of phenols is 1. The summed E-state index contributed by atoms with van der Waals surface area (Å²) in [4.78, 5) is 11.4. The Labute approximate surface area is 188 Å². The van der Waals surface area contributed by atoms with Crippen LogP contribution < -0.4 is 5.32 Å². The molecule has 31 heavy (non-hydrogen) atoms. The Hall–Kier alpha value is -2.38. The van der Waals surface area contributed by atoms with Crippen LogP contribution >= 0.6 is 11.6 Å². The molecule has 1 amide bonds. The third-order valence-electron chi connectivity index (χ3n) is 3.46. The van der Waals surface area contributed by atoms with Crippen LogP contribution in [0.1, 0.15) is 13.0 Å². The van der Waals surface area contributed by atoms with Crippen LogP contribution in [0.15, 0.2) is 46.5 Å². The summed E-state index contributed by atoms with van der Waals surface area (Å²) in [5, 5.41) is 20.1. The van der Waals surface area contributed by atoms with Crippen molar-refractivity contribution in [3.05, 3.63) is 36.9 Å². The molecule has 0 saturated heterocycles. The molecule has 0 heterocycles. The van der Waals surface area contributed by atoms with Crippen LogP contribution in [0.4, 0.5) is 11.4 Å². The van der Waals surface area contributed by atoms with Crippen LogP contribution in [0.5, 0.6) is 5.75 Å². The Morgan fingerprint density at radius 3 is 2.45 bits per heavy atom. The highest BCUT2D eigenvalue weighted by Crippen LogP contribution is 2.44. The van der Waals surface area contributed by atoms with Crippen LogP contribution in [0.2, 0.25) is 0 Å². The summed E-state index contributed by atoms with van der Waals surface area (Å²) in [5.41, 5.74) is 0.280. The van der Waals surface area contributed by atoms with Crippen molar-refractivity contribution in [2.24, 2.45) is 10.2 Å². The van der Waals surface area contributed by atoms with E-state index in [0.29, 0.717) is 5.56 Å². The summed E-state index contributed by atoms with van der Waals surface area (Å²) < 4.78 is 48.7. The van der Waals surface area contributed by atoms with Crippen molar-refractivity contribution in [1.29, 1.82) is 0 Å². The molecule has 0 aromatic heterocycles. The van der Waals surface area contributed by atoms with E-state index in [1.165, 1.54) is 13.1 Å². The van der Waals surface area contributed by atoms with Crippen LogP contribution in [-0.2, 0) is 30.2 Å². The zero-order valence-electron chi connectivity index (χ0n) is 16.1. The van der Waals surface area contributed by atoms with E-state index in [-0.39, 0.29) is 29.1 Å². The highest BCUT2D eigenvalue weighted by Gasteiger charge is 2.24. The third kappa shape index (κ3) is 7.36. The quantitative estimate of drug-likeness (QED) is 0.227. The summed E-state index contributed by atoms with van der Waals surface area (Å²) in [6, 6.07) is 4.18. The Balaban J connectivity index is 0.00000291. The van der Waals surface area contributed by atoms with Gasteiger partial charge in [0.05, 0.1) is 5.69 Å². The second-order valence-corrected chi connectivity index (χ2v) is 8.59. The largest absolute Gasteiger partial charge is 0.505 e. The maximum Gasteiger partial charge on any atom is 0.296 e. The fourth-order valence-corrected chi connectivity index (χ4v) is 3.61. The second kappa shape index (κ2) is 12.5. The summed E-state index contributed by atoms with van der Waals surface area (Å²) in [7, 11) is -3.45. The minimum Gasteiger partial charge on any atom is -0.505 e. The molecule has 0 bridgehead atoms. The second-order valence-electron chi connectivity index (χ2n) is 5.48. The first-order valence-electron chi connectivity index (χ1n) is 8.03. The molecule has 1 unspecified atom stereocenters.